The van der Waals surface area contributed by atoms with Crippen molar-refractivity contribution in [3.63, 3.8) is 0 Å². The van der Waals surface area contributed by atoms with Crippen molar-refractivity contribution in [1.29, 1.82) is 10.5 Å². The summed E-state index contributed by atoms with van der Waals surface area (Å²) in [5.74, 6) is 0. The number of nitriles is 2. The van der Waals surface area contributed by atoms with E-state index in [1.807, 2.05) is 109 Å². The lowest BCUT2D eigenvalue weighted by Gasteiger charge is -2.16. The van der Waals surface area contributed by atoms with Gasteiger partial charge in [0.2, 0.25) is 0 Å². The Labute approximate surface area is 255 Å². The van der Waals surface area contributed by atoms with Crippen LogP contribution in [0, 0.1) is 22.7 Å². The lowest BCUT2D eigenvalue weighted by atomic mass is 9.88. The summed E-state index contributed by atoms with van der Waals surface area (Å²) in [6.07, 6.45) is -0.111. The van der Waals surface area contributed by atoms with Crippen LogP contribution in [0.5, 0.6) is 0 Å². The first-order valence-electron chi connectivity index (χ1n) is 14.4. The zero-order valence-corrected chi connectivity index (χ0v) is 23.7. The molecule has 0 amide bonds. The first-order valence-corrected chi connectivity index (χ1v) is 14.4. The van der Waals surface area contributed by atoms with Crippen LogP contribution in [-0.4, -0.2) is 18.8 Å². The number of aromatic nitrogens is 4. The van der Waals surface area contributed by atoms with Crippen LogP contribution in [0.2, 0.25) is 0 Å². The minimum atomic E-state index is -0.346. The second kappa shape index (κ2) is 9.98. The number of aromatic amines is 2. The van der Waals surface area contributed by atoms with Crippen LogP contribution in [0.3, 0.4) is 0 Å². The van der Waals surface area contributed by atoms with E-state index in [2.05, 4.69) is 22.1 Å². The van der Waals surface area contributed by atoms with Gasteiger partial charge in [0.1, 0.15) is 34.6 Å². The van der Waals surface area contributed by atoms with Crippen molar-refractivity contribution in [2.24, 2.45) is 0 Å². The topological polar surface area (TPSA) is 122 Å². The molecule has 0 aliphatic rings. The largest absolute Gasteiger partial charge is 0.338 e. The molecule has 4 aromatic heterocycles. The summed E-state index contributed by atoms with van der Waals surface area (Å²) in [4.78, 5) is 35.9. The molecule has 45 heavy (non-hydrogen) atoms. The van der Waals surface area contributed by atoms with Gasteiger partial charge in [-0.3, -0.25) is 18.4 Å². The molecule has 0 saturated heterocycles. The van der Waals surface area contributed by atoms with E-state index < -0.39 is 0 Å². The van der Waals surface area contributed by atoms with Gasteiger partial charge >= 0.3 is 0 Å². The van der Waals surface area contributed by atoms with Gasteiger partial charge in [-0.15, -0.1) is 0 Å². The number of hydrogen-bond donors (Lipinski definition) is 2. The first kappa shape index (κ1) is 26.0. The molecule has 0 unspecified atom stereocenters. The fourth-order valence-electron chi connectivity index (χ4n) is 6.52. The fraction of sp³-hybridized carbons (Fsp3) is 0.0270. The lowest BCUT2D eigenvalue weighted by molar-refractivity contribution is 1.01. The number of nitrogens with zero attached hydrogens (tertiary/aromatic N) is 4. The van der Waals surface area contributed by atoms with Crippen molar-refractivity contribution in [2.75, 3.05) is 0 Å². The van der Waals surface area contributed by atoms with Crippen LogP contribution < -0.4 is 11.1 Å². The maximum Gasteiger partial charge on any atom is 0.261 e. The average molecular weight is 583 g/mol. The Kier molecular flexibility index (Phi) is 5.77. The van der Waals surface area contributed by atoms with E-state index in [1.54, 1.807) is 0 Å². The smallest absolute Gasteiger partial charge is 0.261 e. The Balaban J connectivity index is 1.55. The Morgan fingerprint density at radius 2 is 0.911 bits per heavy atom. The van der Waals surface area contributed by atoms with Gasteiger partial charge in [0.15, 0.2) is 0 Å². The maximum absolute atomic E-state index is 14.7. The predicted octanol–water partition coefficient (Wildman–Crippen LogP) is 6.54. The third-order valence-corrected chi connectivity index (χ3v) is 8.45. The van der Waals surface area contributed by atoms with Crippen LogP contribution in [0.1, 0.15) is 22.3 Å². The van der Waals surface area contributed by atoms with Gasteiger partial charge in [0.05, 0.1) is 22.1 Å². The lowest BCUT2D eigenvalue weighted by Crippen LogP contribution is -2.26. The second-order valence-electron chi connectivity index (χ2n) is 10.9. The Bertz CT molecular complexity index is 2490. The summed E-state index contributed by atoms with van der Waals surface area (Å²) in [7, 11) is 0. The summed E-state index contributed by atoms with van der Waals surface area (Å²) >= 11 is 0. The molecule has 0 aliphatic heterocycles. The van der Waals surface area contributed by atoms with Crippen molar-refractivity contribution >= 4 is 33.4 Å². The number of imidazole rings is 2. The molecule has 8 heteroatoms. The van der Waals surface area contributed by atoms with Gasteiger partial charge in [-0.25, -0.2) is 0 Å². The summed E-state index contributed by atoms with van der Waals surface area (Å²) in [5.41, 5.74) is 6.17. The van der Waals surface area contributed by atoms with Crippen molar-refractivity contribution < 1.29 is 0 Å². The molecular formula is C37H22N6O2. The summed E-state index contributed by atoms with van der Waals surface area (Å²) in [6, 6.07) is 38.0. The minimum absolute atomic E-state index is 0.111. The normalized spacial score (nSPS) is 11.3. The number of benzene rings is 4. The summed E-state index contributed by atoms with van der Waals surface area (Å²) < 4.78 is 3.04. The fourth-order valence-corrected chi connectivity index (χ4v) is 6.52. The number of H-pyrrole nitrogens is 2. The third-order valence-electron chi connectivity index (χ3n) is 8.45. The molecule has 0 bridgehead atoms. The molecule has 8 nitrogen and oxygen atoms in total. The number of para-hydroxylation sites is 4. The van der Waals surface area contributed by atoms with E-state index in [0.29, 0.717) is 66.7 Å². The molecule has 0 spiro atoms. The molecule has 0 fully saturated rings. The summed E-state index contributed by atoms with van der Waals surface area (Å²) in [6.45, 7) is 0. The Morgan fingerprint density at radius 1 is 0.533 bits per heavy atom. The van der Waals surface area contributed by atoms with Crippen LogP contribution in [0.4, 0.5) is 0 Å². The van der Waals surface area contributed by atoms with E-state index in [4.69, 9.17) is 0 Å². The highest BCUT2D eigenvalue weighted by Gasteiger charge is 2.27. The number of fused-ring (bicyclic) bond motifs is 6. The number of hydrogen-bond acceptors (Lipinski definition) is 4. The molecule has 8 rings (SSSR count). The predicted molar refractivity (Wildman–Crippen MR) is 174 cm³/mol. The van der Waals surface area contributed by atoms with Crippen LogP contribution in [0.15, 0.2) is 119 Å². The van der Waals surface area contributed by atoms with Crippen molar-refractivity contribution in [3.05, 3.63) is 152 Å². The minimum Gasteiger partial charge on any atom is -0.338 e. The Hall–Kier alpha value is -6.64. The van der Waals surface area contributed by atoms with E-state index in [9.17, 15) is 20.1 Å². The van der Waals surface area contributed by atoms with E-state index >= 15 is 0 Å². The second-order valence-corrected chi connectivity index (χ2v) is 10.9. The molecule has 4 aromatic carbocycles. The Morgan fingerprint density at radius 3 is 1.31 bits per heavy atom. The highest BCUT2D eigenvalue weighted by molar-refractivity contribution is 5.90. The number of nitrogens with one attached hydrogen (secondary N) is 2. The highest BCUT2D eigenvalue weighted by Crippen LogP contribution is 2.35. The van der Waals surface area contributed by atoms with Gasteiger partial charge in [-0.1, -0.05) is 84.9 Å². The number of pyridine rings is 2. The zero-order valence-electron chi connectivity index (χ0n) is 23.7. The molecule has 0 aliphatic carbocycles. The molecule has 212 valence electrons. The van der Waals surface area contributed by atoms with Gasteiger partial charge in [0.25, 0.3) is 11.1 Å². The van der Waals surface area contributed by atoms with E-state index in [0.717, 1.165) is 0 Å². The molecule has 0 radical (unpaired) electrons. The monoisotopic (exact) mass is 582 g/mol. The molecule has 4 heterocycles. The van der Waals surface area contributed by atoms with Crippen LogP contribution in [-0.2, 0) is 6.42 Å². The average Bonchev–Trinajstić information content (AvgIpc) is 3.67. The quantitative estimate of drug-likeness (QED) is 0.245. The van der Waals surface area contributed by atoms with E-state index in [-0.39, 0.29) is 28.7 Å². The SMILES string of the molecule is N#Cc1c(-c2ccccc2)c(Cc2c(-c3ccccc3)c(C#N)c3[nH]c4ccccc4n3c2=O)c(=O)n2c1[nH]c1ccccc12. The molecule has 0 atom stereocenters. The van der Waals surface area contributed by atoms with Crippen LogP contribution in [0.25, 0.3) is 55.6 Å². The van der Waals surface area contributed by atoms with Gasteiger partial charge < -0.3 is 9.97 Å². The standard InChI is InChI=1S/C37H22N6O2/c38-20-26-32(22-11-3-1-4-12-22)24(36(44)42-30-17-9-7-15-28(30)40-34(26)42)19-25-33(23-13-5-2-6-14-23)27(21-39)35-41-29-16-8-10-18-31(29)43(35)37(25)45/h1-18,40-41H,19H2. The molecular weight excluding hydrogens is 560 g/mol. The van der Waals surface area contributed by atoms with Crippen molar-refractivity contribution in [1.82, 2.24) is 18.8 Å². The molecule has 2 N–H and O–H groups in total. The van der Waals surface area contributed by atoms with Crippen LogP contribution >= 0.6 is 0 Å². The van der Waals surface area contributed by atoms with Crippen molar-refractivity contribution in [3.8, 4) is 34.4 Å². The molecule has 0 saturated carbocycles. The van der Waals surface area contributed by atoms with Gasteiger partial charge in [-0.2, -0.15) is 10.5 Å². The van der Waals surface area contributed by atoms with Crippen molar-refractivity contribution in [2.45, 2.75) is 6.42 Å². The summed E-state index contributed by atoms with van der Waals surface area (Å²) in [5, 5.41) is 21.2. The number of rotatable bonds is 4. The maximum atomic E-state index is 14.7. The first-order chi connectivity index (χ1) is 22.1. The zero-order chi connectivity index (χ0) is 30.7. The van der Waals surface area contributed by atoms with Gasteiger partial charge in [-0.05, 0) is 35.4 Å². The van der Waals surface area contributed by atoms with E-state index in [1.165, 1.54) is 8.80 Å². The highest BCUT2D eigenvalue weighted by atomic mass is 16.1. The third kappa shape index (κ3) is 3.77. The molecule has 8 aromatic rings. The van der Waals surface area contributed by atoms with Gasteiger partial charge in [0, 0.05) is 28.7 Å².